The van der Waals surface area contributed by atoms with E-state index in [0.29, 0.717) is 5.69 Å². The van der Waals surface area contributed by atoms with E-state index in [-0.39, 0.29) is 11.4 Å². The maximum atomic E-state index is 11.1. The number of hydrogen-bond donors (Lipinski definition) is 2. The summed E-state index contributed by atoms with van der Waals surface area (Å²) in [5.74, 6) is 0. The molecular weight excluding hydrogens is 256 g/mol. The van der Waals surface area contributed by atoms with Gasteiger partial charge in [-0.05, 0) is 36.4 Å². The zero-order chi connectivity index (χ0) is 14.7. The predicted molar refractivity (Wildman–Crippen MR) is 81.6 cm³/mol. The number of nitrogens with zero attached hydrogens (tertiary/aromatic N) is 2. The van der Waals surface area contributed by atoms with E-state index in [1.165, 1.54) is 6.07 Å². The molecule has 3 N–H and O–H groups in total. The molecule has 2 aromatic carbocycles. The largest absolute Gasteiger partial charge is 0.393 e. The van der Waals surface area contributed by atoms with Crippen molar-refractivity contribution in [1.29, 1.82) is 0 Å². The van der Waals surface area contributed by atoms with Crippen LogP contribution in [0, 0.1) is 10.1 Å². The van der Waals surface area contributed by atoms with Crippen LogP contribution in [0.5, 0.6) is 0 Å². The van der Waals surface area contributed by atoms with Crippen LogP contribution >= 0.6 is 0 Å². The summed E-state index contributed by atoms with van der Waals surface area (Å²) in [7, 11) is 3.90. The van der Waals surface area contributed by atoms with Crippen molar-refractivity contribution in [3.05, 3.63) is 52.6 Å². The molecule has 0 bridgehead atoms. The summed E-state index contributed by atoms with van der Waals surface area (Å²) < 4.78 is 0. The summed E-state index contributed by atoms with van der Waals surface area (Å²) in [6.45, 7) is 0. The minimum atomic E-state index is -0.480. The standard InChI is InChI=1S/C14H16N4O2/c1-17(2)11-8-6-10(7-9-11)16-13-5-3-4-12(15)14(13)18(19)20/h3-9,16H,15H2,1-2H3. The molecule has 0 amide bonds. The Kier molecular flexibility index (Phi) is 3.74. The predicted octanol–water partition coefficient (Wildman–Crippen LogP) is 2.99. The highest BCUT2D eigenvalue weighted by atomic mass is 16.6. The van der Waals surface area contributed by atoms with Gasteiger partial charge in [0, 0.05) is 25.5 Å². The fourth-order valence-corrected chi connectivity index (χ4v) is 1.86. The molecule has 0 radical (unpaired) electrons. The van der Waals surface area contributed by atoms with Crippen molar-refractivity contribution in [1.82, 2.24) is 0 Å². The first-order valence-electron chi connectivity index (χ1n) is 6.06. The highest BCUT2D eigenvalue weighted by Crippen LogP contribution is 2.32. The number of nitrogens with two attached hydrogens (primary N) is 1. The van der Waals surface area contributed by atoms with E-state index in [2.05, 4.69) is 5.32 Å². The molecule has 6 nitrogen and oxygen atoms in total. The summed E-state index contributed by atoms with van der Waals surface area (Å²) in [6.07, 6.45) is 0. The number of rotatable bonds is 4. The molecule has 6 heteroatoms. The van der Waals surface area contributed by atoms with E-state index < -0.39 is 4.92 Å². The number of hydrogen-bond acceptors (Lipinski definition) is 5. The molecule has 0 aromatic heterocycles. The molecule has 0 aliphatic carbocycles. The van der Waals surface area contributed by atoms with E-state index in [9.17, 15) is 10.1 Å². The average molecular weight is 272 g/mol. The number of benzene rings is 2. The first-order valence-corrected chi connectivity index (χ1v) is 6.06. The fraction of sp³-hybridized carbons (Fsp3) is 0.143. The number of anilines is 4. The number of nitro groups is 1. The molecule has 0 fully saturated rings. The lowest BCUT2D eigenvalue weighted by Gasteiger charge is -2.13. The van der Waals surface area contributed by atoms with Crippen molar-refractivity contribution in [3.63, 3.8) is 0 Å². The summed E-state index contributed by atoms with van der Waals surface area (Å²) in [5.41, 5.74) is 7.89. The third kappa shape index (κ3) is 2.80. The van der Waals surface area contributed by atoms with Crippen molar-refractivity contribution in [3.8, 4) is 0 Å². The molecular formula is C14H16N4O2. The minimum absolute atomic E-state index is 0.107. The van der Waals surface area contributed by atoms with Gasteiger partial charge in [-0.25, -0.2) is 0 Å². The van der Waals surface area contributed by atoms with Crippen molar-refractivity contribution in [2.24, 2.45) is 0 Å². The maximum absolute atomic E-state index is 11.1. The molecule has 20 heavy (non-hydrogen) atoms. The summed E-state index contributed by atoms with van der Waals surface area (Å²) in [6, 6.07) is 12.4. The Bertz CT molecular complexity index is 624. The number of nitrogens with one attached hydrogen (secondary N) is 1. The Balaban J connectivity index is 2.30. The van der Waals surface area contributed by atoms with Gasteiger partial charge >= 0.3 is 5.69 Å². The Labute approximate surface area is 117 Å². The quantitative estimate of drug-likeness (QED) is 0.508. The molecule has 0 atom stereocenters. The van der Waals surface area contributed by atoms with Crippen LogP contribution in [0.4, 0.5) is 28.4 Å². The van der Waals surface area contributed by atoms with Crippen LogP contribution < -0.4 is 16.0 Å². The van der Waals surface area contributed by atoms with E-state index in [0.717, 1.165) is 11.4 Å². The Morgan fingerprint density at radius 2 is 1.80 bits per heavy atom. The SMILES string of the molecule is CN(C)c1ccc(Nc2cccc(N)c2[N+](=O)[O-])cc1. The second kappa shape index (κ2) is 5.48. The molecule has 2 aromatic rings. The summed E-state index contributed by atoms with van der Waals surface area (Å²) in [4.78, 5) is 12.6. The van der Waals surface area contributed by atoms with Gasteiger partial charge in [0.1, 0.15) is 11.4 Å². The van der Waals surface area contributed by atoms with Gasteiger partial charge < -0.3 is 16.0 Å². The molecule has 0 spiro atoms. The Morgan fingerprint density at radius 3 is 2.35 bits per heavy atom. The van der Waals surface area contributed by atoms with Crippen LogP contribution in [-0.2, 0) is 0 Å². The lowest BCUT2D eigenvalue weighted by atomic mass is 10.2. The van der Waals surface area contributed by atoms with Crippen LogP contribution in [0.3, 0.4) is 0 Å². The van der Waals surface area contributed by atoms with Crippen molar-refractivity contribution in [2.45, 2.75) is 0 Å². The second-order valence-electron chi connectivity index (χ2n) is 4.57. The minimum Gasteiger partial charge on any atom is -0.393 e. The third-order valence-corrected chi connectivity index (χ3v) is 2.91. The maximum Gasteiger partial charge on any atom is 0.315 e. The lowest BCUT2D eigenvalue weighted by Crippen LogP contribution is -2.08. The highest BCUT2D eigenvalue weighted by Gasteiger charge is 2.17. The molecule has 0 saturated carbocycles. The van der Waals surface area contributed by atoms with Crippen LogP contribution in [0.1, 0.15) is 0 Å². The van der Waals surface area contributed by atoms with Crippen LogP contribution in [-0.4, -0.2) is 19.0 Å². The molecule has 104 valence electrons. The van der Waals surface area contributed by atoms with Crippen LogP contribution in [0.25, 0.3) is 0 Å². The zero-order valence-corrected chi connectivity index (χ0v) is 11.3. The van der Waals surface area contributed by atoms with Gasteiger partial charge in [0.05, 0.1) is 4.92 Å². The van der Waals surface area contributed by atoms with Gasteiger partial charge in [-0.2, -0.15) is 0 Å². The first-order chi connectivity index (χ1) is 9.49. The molecule has 0 aliphatic rings. The Morgan fingerprint density at radius 1 is 1.15 bits per heavy atom. The average Bonchev–Trinajstić information content (AvgIpc) is 2.39. The van der Waals surface area contributed by atoms with Gasteiger partial charge in [0.25, 0.3) is 0 Å². The van der Waals surface area contributed by atoms with E-state index in [1.54, 1.807) is 12.1 Å². The zero-order valence-electron chi connectivity index (χ0n) is 11.3. The van der Waals surface area contributed by atoms with Crippen molar-refractivity contribution >= 4 is 28.4 Å². The van der Waals surface area contributed by atoms with Gasteiger partial charge in [0.15, 0.2) is 0 Å². The second-order valence-corrected chi connectivity index (χ2v) is 4.57. The fourth-order valence-electron chi connectivity index (χ4n) is 1.86. The highest BCUT2D eigenvalue weighted by molar-refractivity contribution is 5.78. The van der Waals surface area contributed by atoms with Gasteiger partial charge in [0.2, 0.25) is 0 Å². The molecule has 0 heterocycles. The van der Waals surface area contributed by atoms with Gasteiger partial charge in [-0.1, -0.05) is 6.07 Å². The topological polar surface area (TPSA) is 84.4 Å². The number of para-hydroxylation sites is 1. The molecule has 2 rings (SSSR count). The van der Waals surface area contributed by atoms with Crippen LogP contribution in [0.15, 0.2) is 42.5 Å². The molecule has 0 unspecified atom stereocenters. The smallest absolute Gasteiger partial charge is 0.315 e. The van der Waals surface area contributed by atoms with E-state index >= 15 is 0 Å². The number of nitro benzene ring substituents is 1. The number of nitrogen functional groups attached to an aromatic ring is 1. The van der Waals surface area contributed by atoms with E-state index in [1.807, 2.05) is 43.3 Å². The molecule has 0 saturated heterocycles. The van der Waals surface area contributed by atoms with Gasteiger partial charge in [-0.3, -0.25) is 10.1 Å². The summed E-state index contributed by atoms with van der Waals surface area (Å²) >= 11 is 0. The van der Waals surface area contributed by atoms with Gasteiger partial charge in [-0.15, -0.1) is 0 Å². The first kappa shape index (κ1) is 13.7. The normalized spacial score (nSPS) is 10.1. The summed E-state index contributed by atoms with van der Waals surface area (Å²) in [5, 5.41) is 14.1. The third-order valence-electron chi connectivity index (χ3n) is 2.91. The van der Waals surface area contributed by atoms with Crippen molar-refractivity contribution in [2.75, 3.05) is 30.0 Å². The van der Waals surface area contributed by atoms with E-state index in [4.69, 9.17) is 5.73 Å². The molecule has 0 aliphatic heterocycles. The Hall–Kier alpha value is -2.76. The lowest BCUT2D eigenvalue weighted by molar-refractivity contribution is -0.383. The van der Waals surface area contributed by atoms with Crippen molar-refractivity contribution < 1.29 is 4.92 Å². The monoisotopic (exact) mass is 272 g/mol. The van der Waals surface area contributed by atoms with Crippen LogP contribution in [0.2, 0.25) is 0 Å².